The van der Waals surface area contributed by atoms with Gasteiger partial charge in [0.05, 0.1) is 33.5 Å². The molecule has 0 saturated heterocycles. The summed E-state index contributed by atoms with van der Waals surface area (Å²) >= 11 is 0. The van der Waals surface area contributed by atoms with Crippen LogP contribution >= 0.6 is 0 Å². The number of rotatable bonds is 12. The van der Waals surface area contributed by atoms with Crippen LogP contribution in [0.1, 0.15) is 0 Å². The van der Waals surface area contributed by atoms with Crippen molar-refractivity contribution in [1.29, 1.82) is 0 Å². The van der Waals surface area contributed by atoms with Crippen molar-refractivity contribution in [2.75, 3.05) is 0 Å². The molecule has 0 N–H and O–H groups in total. The highest BCUT2D eigenvalue weighted by Gasteiger charge is 2.23. The molecule has 0 amide bonds. The minimum atomic E-state index is 0.592. The number of aromatic nitrogens is 7. The van der Waals surface area contributed by atoms with Gasteiger partial charge in [-0.1, -0.05) is 303 Å². The minimum absolute atomic E-state index is 0.592. The third-order valence-corrected chi connectivity index (χ3v) is 21.5. The standard InChI is InChI=1S/C52H33N3O.C51H32N4O/c1-5-14-34(15-6-1)37-24-27-42-43-28-25-38(31-48(43)55(47(42)30-37)40-20-11-4-12-21-40)41-22-13-23-49-51(41)44-29-26-39(32-50(44)56-49)52-53-45(35-16-7-2-8-17-35)33-46(54-52)36-18-9-3-10-19-36;1-5-14-33(15-6-1)36-24-27-41-42-28-25-37(31-45(42)55(44(41)30-36)39-20-11-4-12-21-39)40-22-13-23-46-48(40)43-29-26-38(32-47(43)56-46)51-53-49(34-16-7-2-8-17-34)52-50(54-51)35-18-9-3-10-19-35/h1-33H;1-32H. The van der Waals surface area contributed by atoms with Gasteiger partial charge in [0.15, 0.2) is 23.3 Å². The van der Waals surface area contributed by atoms with Crippen molar-refractivity contribution in [2.45, 2.75) is 0 Å². The molecule has 0 aliphatic rings. The van der Waals surface area contributed by atoms with Gasteiger partial charge in [-0.25, -0.2) is 24.9 Å². The fraction of sp³-hybridized carbons (Fsp3) is 0. The van der Waals surface area contributed by atoms with Crippen molar-refractivity contribution in [3.63, 3.8) is 0 Å². The molecule has 0 saturated carbocycles. The quantitative estimate of drug-likeness (QED) is 0.120. The molecule has 524 valence electrons. The van der Waals surface area contributed by atoms with Gasteiger partial charge in [-0.15, -0.1) is 0 Å². The molecular weight excluding hydrogens is 1370 g/mol. The highest BCUT2D eigenvalue weighted by atomic mass is 16.3. The molecule has 0 fully saturated rings. The largest absolute Gasteiger partial charge is 0.456 e. The van der Waals surface area contributed by atoms with E-state index < -0.39 is 0 Å². The summed E-state index contributed by atoms with van der Waals surface area (Å²) < 4.78 is 18.0. The smallest absolute Gasteiger partial charge is 0.164 e. The Kier molecular flexibility index (Phi) is 16.0. The average molecular weight is 1430 g/mol. The van der Waals surface area contributed by atoms with E-state index in [4.69, 9.17) is 33.8 Å². The van der Waals surface area contributed by atoms with Gasteiger partial charge in [0.25, 0.3) is 0 Å². The Balaban J connectivity index is 0.000000141. The van der Waals surface area contributed by atoms with Gasteiger partial charge in [0, 0.05) is 87.8 Å². The van der Waals surface area contributed by atoms with Gasteiger partial charge < -0.3 is 18.0 Å². The van der Waals surface area contributed by atoms with E-state index in [0.717, 1.165) is 133 Å². The zero-order valence-corrected chi connectivity index (χ0v) is 60.5. The van der Waals surface area contributed by atoms with Crippen LogP contribution in [0.25, 0.3) is 211 Å². The van der Waals surface area contributed by atoms with Crippen LogP contribution in [0, 0.1) is 0 Å². The van der Waals surface area contributed by atoms with Crippen molar-refractivity contribution < 1.29 is 8.83 Å². The highest BCUT2D eigenvalue weighted by Crippen LogP contribution is 2.45. The van der Waals surface area contributed by atoms with Crippen LogP contribution in [-0.4, -0.2) is 34.1 Å². The van der Waals surface area contributed by atoms with E-state index in [0.29, 0.717) is 23.3 Å². The molecule has 6 heterocycles. The molecular formula is C103H65N7O2. The molecule has 6 aromatic heterocycles. The van der Waals surface area contributed by atoms with E-state index in [9.17, 15) is 0 Å². The molecule has 22 rings (SSSR count). The molecule has 0 radical (unpaired) electrons. The lowest BCUT2D eigenvalue weighted by molar-refractivity contribution is 0.668. The van der Waals surface area contributed by atoms with E-state index in [1.165, 1.54) is 54.8 Å². The summed E-state index contributed by atoms with van der Waals surface area (Å²) in [7, 11) is 0. The van der Waals surface area contributed by atoms with Crippen molar-refractivity contribution in [3.8, 4) is 124 Å². The predicted octanol–water partition coefficient (Wildman–Crippen LogP) is 27.0. The topological polar surface area (TPSA) is 101 Å². The van der Waals surface area contributed by atoms with Crippen LogP contribution in [-0.2, 0) is 0 Å². The van der Waals surface area contributed by atoms with Gasteiger partial charge in [-0.3, -0.25) is 0 Å². The van der Waals surface area contributed by atoms with Crippen LogP contribution in [0.15, 0.2) is 403 Å². The van der Waals surface area contributed by atoms with Crippen molar-refractivity contribution >= 4 is 87.5 Å². The number of fused-ring (bicyclic) bond motifs is 12. The van der Waals surface area contributed by atoms with Gasteiger partial charge in [-0.05, 0) is 136 Å². The number of nitrogens with zero attached hydrogens (tertiary/aromatic N) is 7. The fourth-order valence-electron chi connectivity index (χ4n) is 16.1. The molecule has 9 heteroatoms. The maximum Gasteiger partial charge on any atom is 0.164 e. The zero-order valence-electron chi connectivity index (χ0n) is 60.5. The first-order chi connectivity index (χ1) is 55.5. The summed E-state index contributed by atoms with van der Waals surface area (Å²) in [5.74, 6) is 2.50. The molecule has 112 heavy (non-hydrogen) atoms. The van der Waals surface area contributed by atoms with E-state index in [1.807, 2.05) is 103 Å². The molecule has 16 aromatic carbocycles. The van der Waals surface area contributed by atoms with E-state index in [-0.39, 0.29) is 0 Å². The Bertz CT molecular complexity index is 6770. The Morgan fingerprint density at radius 1 is 0.179 bits per heavy atom. The first kappa shape index (κ1) is 65.1. The summed E-state index contributed by atoms with van der Waals surface area (Å²) in [6.07, 6.45) is 0. The average Bonchev–Trinajstić information content (AvgIpc) is 1.58. The predicted molar refractivity (Wildman–Crippen MR) is 459 cm³/mol. The summed E-state index contributed by atoms with van der Waals surface area (Å²) in [6.45, 7) is 0. The van der Waals surface area contributed by atoms with Crippen molar-refractivity contribution in [2.24, 2.45) is 0 Å². The summed E-state index contributed by atoms with van der Waals surface area (Å²) in [4.78, 5) is 24.9. The Morgan fingerprint density at radius 2 is 0.464 bits per heavy atom. The number of para-hydroxylation sites is 2. The third kappa shape index (κ3) is 11.7. The van der Waals surface area contributed by atoms with Gasteiger partial charge in [0.1, 0.15) is 22.3 Å². The van der Waals surface area contributed by atoms with Crippen LogP contribution in [0.5, 0.6) is 0 Å². The van der Waals surface area contributed by atoms with Crippen LogP contribution in [0.3, 0.4) is 0 Å². The second kappa shape index (κ2) is 27.5. The fourth-order valence-corrected chi connectivity index (χ4v) is 16.1. The summed E-state index contributed by atoms with van der Waals surface area (Å²) in [6, 6.07) is 138. The number of hydrogen-bond acceptors (Lipinski definition) is 7. The molecule has 0 aliphatic heterocycles. The maximum absolute atomic E-state index is 6.63. The van der Waals surface area contributed by atoms with Crippen LogP contribution in [0.2, 0.25) is 0 Å². The second-order valence-electron chi connectivity index (χ2n) is 28.2. The van der Waals surface area contributed by atoms with Gasteiger partial charge in [0.2, 0.25) is 0 Å². The number of benzene rings is 16. The Hall–Kier alpha value is -15.2. The maximum atomic E-state index is 6.63. The van der Waals surface area contributed by atoms with Crippen LogP contribution in [0.4, 0.5) is 0 Å². The zero-order chi connectivity index (χ0) is 74.0. The lowest BCUT2D eigenvalue weighted by Crippen LogP contribution is -2.00. The third-order valence-electron chi connectivity index (χ3n) is 21.5. The Labute approximate surface area is 644 Å². The normalized spacial score (nSPS) is 11.6. The molecule has 0 atom stereocenters. The molecule has 0 spiro atoms. The molecule has 0 bridgehead atoms. The second-order valence-corrected chi connectivity index (χ2v) is 28.2. The van der Waals surface area contributed by atoms with Gasteiger partial charge in [-0.2, -0.15) is 0 Å². The summed E-state index contributed by atoms with van der Waals surface area (Å²) in [5.41, 5.74) is 26.9. The highest BCUT2D eigenvalue weighted by molar-refractivity contribution is 6.18. The monoisotopic (exact) mass is 1430 g/mol. The van der Waals surface area contributed by atoms with Crippen molar-refractivity contribution in [3.05, 3.63) is 394 Å². The Morgan fingerprint density at radius 3 is 0.830 bits per heavy atom. The first-order valence-electron chi connectivity index (χ1n) is 37.7. The summed E-state index contributed by atoms with van der Waals surface area (Å²) in [5, 5.41) is 9.13. The SMILES string of the molecule is c1ccc(-c2ccc3c4ccc(-c5cccc6oc7cc(-c8nc(-c9ccccc9)cc(-c9ccccc9)n8)ccc7c56)cc4n(-c4ccccc4)c3c2)cc1.c1ccc(-c2ccc3c4ccc(-c5cccc6oc7cc(-c8nc(-c9ccccc9)nc(-c9ccccc9)n8)ccc7c56)cc4n(-c4ccccc4)c3c2)cc1. The molecule has 0 aliphatic carbocycles. The first-order valence-corrected chi connectivity index (χ1v) is 37.7. The lowest BCUT2D eigenvalue weighted by atomic mass is 9.97. The minimum Gasteiger partial charge on any atom is -0.456 e. The lowest BCUT2D eigenvalue weighted by Gasteiger charge is -2.10. The molecule has 22 aromatic rings. The van der Waals surface area contributed by atoms with Gasteiger partial charge >= 0.3 is 0 Å². The number of hydrogen-bond donors (Lipinski definition) is 0. The van der Waals surface area contributed by atoms with E-state index >= 15 is 0 Å². The van der Waals surface area contributed by atoms with E-state index in [2.05, 4.69) is 300 Å². The van der Waals surface area contributed by atoms with E-state index in [1.54, 1.807) is 0 Å². The molecule has 9 nitrogen and oxygen atoms in total. The van der Waals surface area contributed by atoms with Crippen LogP contribution < -0.4 is 0 Å². The van der Waals surface area contributed by atoms with Crippen molar-refractivity contribution in [1.82, 2.24) is 34.1 Å². The number of furan rings is 2. The molecule has 0 unspecified atom stereocenters.